The van der Waals surface area contributed by atoms with Crippen LogP contribution in [0.15, 0.2) is 35.0 Å². The Balaban J connectivity index is 1.43. The van der Waals surface area contributed by atoms with Gasteiger partial charge in [0.1, 0.15) is 17.7 Å². The molecule has 33 heavy (non-hydrogen) atoms. The van der Waals surface area contributed by atoms with Crippen molar-refractivity contribution < 1.29 is 18.4 Å². The number of rotatable bonds is 5. The van der Waals surface area contributed by atoms with Crippen molar-refractivity contribution in [1.82, 2.24) is 14.5 Å². The Kier molecular flexibility index (Phi) is 5.81. The molecule has 1 aliphatic heterocycles. The zero-order valence-electron chi connectivity index (χ0n) is 19.2. The molecular weight excluding hydrogens is 421 g/mol. The van der Waals surface area contributed by atoms with E-state index in [4.69, 9.17) is 4.42 Å². The van der Waals surface area contributed by atoms with Crippen molar-refractivity contribution in [2.24, 2.45) is 18.9 Å². The summed E-state index contributed by atoms with van der Waals surface area (Å²) in [5.41, 5.74) is 2.56. The summed E-state index contributed by atoms with van der Waals surface area (Å²) in [6, 6.07) is 4.31. The van der Waals surface area contributed by atoms with E-state index in [9.17, 15) is 14.0 Å². The summed E-state index contributed by atoms with van der Waals surface area (Å²) in [5.74, 6) is 0.931. The predicted octanol–water partition coefficient (Wildman–Crippen LogP) is 5.07. The highest BCUT2D eigenvalue weighted by Gasteiger charge is 2.40. The maximum absolute atomic E-state index is 13.6. The highest BCUT2D eigenvalue weighted by molar-refractivity contribution is 5.95. The van der Waals surface area contributed by atoms with E-state index in [-0.39, 0.29) is 23.8 Å². The van der Waals surface area contributed by atoms with E-state index >= 15 is 0 Å². The molecule has 2 aliphatic rings. The molecule has 0 aromatic carbocycles. The molecule has 1 amide bonds. The average molecular weight is 452 g/mol. The first-order valence-electron chi connectivity index (χ1n) is 11.9. The van der Waals surface area contributed by atoms with Crippen molar-refractivity contribution in [3.8, 4) is 11.3 Å². The number of carbonyl (C=O) groups is 2. The van der Waals surface area contributed by atoms with Crippen LogP contribution in [0.3, 0.4) is 0 Å². The summed E-state index contributed by atoms with van der Waals surface area (Å²) in [6.07, 6.45) is 10.1. The fourth-order valence-corrected chi connectivity index (χ4v) is 6.08. The van der Waals surface area contributed by atoms with E-state index in [1.165, 1.54) is 6.07 Å². The summed E-state index contributed by atoms with van der Waals surface area (Å²) in [4.78, 5) is 31.6. The molecule has 1 aliphatic carbocycles. The maximum Gasteiger partial charge on any atom is 0.278 e. The lowest BCUT2D eigenvalue weighted by molar-refractivity contribution is -0.140. The normalized spacial score (nSPS) is 24.0. The predicted molar refractivity (Wildman–Crippen MR) is 123 cm³/mol. The molecule has 2 fully saturated rings. The van der Waals surface area contributed by atoms with E-state index in [0.29, 0.717) is 18.1 Å². The first kappa shape index (κ1) is 21.9. The third-order valence-corrected chi connectivity index (χ3v) is 7.65. The highest BCUT2D eigenvalue weighted by atomic mass is 19.1. The molecule has 4 unspecified atom stereocenters. The minimum absolute atomic E-state index is 0.0465. The van der Waals surface area contributed by atoms with Gasteiger partial charge < -0.3 is 18.7 Å². The van der Waals surface area contributed by atoms with Gasteiger partial charge in [0.05, 0.1) is 0 Å². The number of carbonyl (C=O) groups excluding carboxylic acids is 2. The Morgan fingerprint density at radius 3 is 2.88 bits per heavy atom. The van der Waals surface area contributed by atoms with Crippen molar-refractivity contribution in [3.63, 3.8) is 0 Å². The molecule has 0 radical (unpaired) electrons. The number of hydrogen-bond acceptors (Lipinski definition) is 4. The number of piperidine rings is 1. The fraction of sp³-hybridized carbons (Fsp3) is 0.500. The summed E-state index contributed by atoms with van der Waals surface area (Å²) in [7, 11) is 1.93. The molecule has 7 heteroatoms. The zero-order valence-corrected chi connectivity index (χ0v) is 19.2. The number of amides is 1. The molecule has 1 saturated heterocycles. The monoisotopic (exact) mass is 451 g/mol. The van der Waals surface area contributed by atoms with E-state index < -0.39 is 6.01 Å². The number of fused-ring (bicyclic) bond motifs is 2. The van der Waals surface area contributed by atoms with Gasteiger partial charge in [0.2, 0.25) is 5.91 Å². The molecule has 4 heterocycles. The maximum atomic E-state index is 13.6. The smallest absolute Gasteiger partial charge is 0.278 e. The van der Waals surface area contributed by atoms with Gasteiger partial charge in [0.25, 0.3) is 6.01 Å². The van der Waals surface area contributed by atoms with Crippen LogP contribution >= 0.6 is 0 Å². The Morgan fingerprint density at radius 2 is 2.12 bits per heavy atom. The van der Waals surface area contributed by atoms with Crippen molar-refractivity contribution in [2.45, 2.75) is 57.4 Å². The lowest BCUT2D eigenvalue weighted by Crippen LogP contribution is -2.52. The van der Waals surface area contributed by atoms with Crippen LogP contribution in [0.5, 0.6) is 0 Å². The van der Waals surface area contributed by atoms with E-state index in [1.54, 1.807) is 12.3 Å². The molecule has 4 atom stereocenters. The largest absolute Gasteiger partial charge is 0.431 e. The van der Waals surface area contributed by atoms with Crippen LogP contribution in [0.4, 0.5) is 4.39 Å². The van der Waals surface area contributed by atoms with Gasteiger partial charge in [-0.05, 0) is 55.2 Å². The van der Waals surface area contributed by atoms with Crippen molar-refractivity contribution in [3.05, 3.63) is 42.2 Å². The molecule has 0 spiro atoms. The Hall–Kier alpha value is -2.96. The van der Waals surface area contributed by atoms with Gasteiger partial charge in [0.15, 0.2) is 0 Å². The van der Waals surface area contributed by atoms with Crippen LogP contribution in [0.25, 0.3) is 22.4 Å². The average Bonchev–Trinajstić information content (AvgIpc) is 3.41. The van der Waals surface area contributed by atoms with Crippen LogP contribution in [0.1, 0.15) is 56.9 Å². The first-order valence-corrected chi connectivity index (χ1v) is 11.9. The zero-order chi connectivity index (χ0) is 23.1. The summed E-state index contributed by atoms with van der Waals surface area (Å²) in [6.45, 7) is 2.83. The van der Waals surface area contributed by atoms with Gasteiger partial charge in [0, 0.05) is 61.4 Å². The van der Waals surface area contributed by atoms with Crippen LogP contribution in [-0.4, -0.2) is 39.2 Å². The SMILES string of the molecule is CC(CC(=O)N1CCCC2C(C=O)CCCC21)c1cn(C)c2nccc(-c3ccc(F)o3)c12. The number of aldehydes is 1. The van der Waals surface area contributed by atoms with Crippen LogP contribution < -0.4 is 0 Å². The van der Waals surface area contributed by atoms with Crippen molar-refractivity contribution in [1.29, 1.82) is 0 Å². The summed E-state index contributed by atoms with van der Waals surface area (Å²) in [5, 5.41) is 0.893. The number of hydrogen-bond donors (Lipinski definition) is 0. The molecular formula is C26H30FN3O3. The van der Waals surface area contributed by atoms with Gasteiger partial charge in [-0.2, -0.15) is 4.39 Å². The third-order valence-electron chi connectivity index (χ3n) is 7.65. The second-order valence-electron chi connectivity index (χ2n) is 9.65. The van der Waals surface area contributed by atoms with Gasteiger partial charge in [-0.25, -0.2) is 4.98 Å². The van der Waals surface area contributed by atoms with E-state index in [0.717, 1.165) is 67.1 Å². The minimum atomic E-state index is -0.628. The number of halogens is 1. The number of pyridine rings is 1. The second kappa shape index (κ2) is 8.76. The fourth-order valence-electron chi connectivity index (χ4n) is 6.08. The highest BCUT2D eigenvalue weighted by Crippen LogP contribution is 2.40. The van der Waals surface area contributed by atoms with Crippen LogP contribution in [0.2, 0.25) is 0 Å². The van der Waals surface area contributed by atoms with Crippen molar-refractivity contribution in [2.75, 3.05) is 6.54 Å². The number of nitrogens with zero attached hydrogens (tertiary/aromatic N) is 3. The van der Waals surface area contributed by atoms with Gasteiger partial charge in [-0.3, -0.25) is 4.79 Å². The molecule has 0 N–H and O–H groups in total. The van der Waals surface area contributed by atoms with Crippen molar-refractivity contribution >= 4 is 23.2 Å². The number of likely N-dealkylation sites (tertiary alicyclic amines) is 1. The molecule has 174 valence electrons. The first-order chi connectivity index (χ1) is 16.0. The van der Waals surface area contributed by atoms with E-state index in [2.05, 4.69) is 11.9 Å². The summed E-state index contributed by atoms with van der Waals surface area (Å²) < 4.78 is 20.8. The molecule has 3 aromatic heterocycles. The molecule has 1 saturated carbocycles. The van der Waals surface area contributed by atoms with Crippen LogP contribution in [-0.2, 0) is 16.6 Å². The lowest BCUT2D eigenvalue weighted by atomic mass is 9.71. The van der Waals surface area contributed by atoms with Crippen LogP contribution in [0, 0.1) is 17.8 Å². The quantitative estimate of drug-likeness (QED) is 0.508. The van der Waals surface area contributed by atoms with Gasteiger partial charge >= 0.3 is 0 Å². The number of aromatic nitrogens is 2. The molecule has 3 aromatic rings. The molecule has 0 bridgehead atoms. The van der Waals surface area contributed by atoms with E-state index in [1.807, 2.05) is 28.8 Å². The standard InChI is InChI=1S/C26H30FN3O3/c1-16(13-24(32)30-12-4-6-18-17(15-31)5-3-7-21(18)30)20-14-29(2)26-25(20)19(10-11-28-26)22-8-9-23(27)33-22/h8-11,14-18,21H,3-7,12-13H2,1-2H3. The number of furan rings is 1. The summed E-state index contributed by atoms with van der Waals surface area (Å²) >= 11 is 0. The Bertz CT molecular complexity index is 1180. The van der Waals surface area contributed by atoms with Gasteiger partial charge in [-0.15, -0.1) is 0 Å². The third kappa shape index (κ3) is 3.87. The topological polar surface area (TPSA) is 68.3 Å². The molecule has 6 nitrogen and oxygen atoms in total. The molecule has 5 rings (SSSR count). The Morgan fingerprint density at radius 1 is 1.27 bits per heavy atom. The van der Waals surface area contributed by atoms with Gasteiger partial charge in [-0.1, -0.05) is 13.3 Å². The number of aryl methyl sites for hydroxylation is 1. The second-order valence-corrected chi connectivity index (χ2v) is 9.65. The lowest BCUT2D eigenvalue weighted by Gasteiger charge is -2.46. The Labute approximate surface area is 192 Å². The minimum Gasteiger partial charge on any atom is -0.431 e.